The minimum atomic E-state index is -0.503. The molecular weight excluding hydrogens is 290 g/mol. The third-order valence-corrected chi connectivity index (χ3v) is 2.94. The number of halogens is 1. The van der Waals surface area contributed by atoms with E-state index in [1.807, 2.05) is 0 Å². The summed E-state index contributed by atoms with van der Waals surface area (Å²) < 4.78 is 5.26. The zero-order valence-corrected chi connectivity index (χ0v) is 12.2. The number of esters is 1. The standard InChI is InChI=1S/C16H14ClNO3/c1-2-15(19)18-13-7-4-8-14(10-13)21-16(20)11-5-3-6-12(17)9-11/h3-10H,2H2,1H3,(H,18,19). The lowest BCUT2D eigenvalue weighted by Gasteiger charge is -2.07. The summed E-state index contributed by atoms with van der Waals surface area (Å²) in [6.45, 7) is 1.76. The predicted octanol–water partition coefficient (Wildman–Crippen LogP) is 3.91. The highest BCUT2D eigenvalue weighted by Gasteiger charge is 2.09. The third-order valence-electron chi connectivity index (χ3n) is 2.71. The zero-order valence-electron chi connectivity index (χ0n) is 11.4. The molecule has 2 aromatic carbocycles. The number of amides is 1. The van der Waals surface area contributed by atoms with Crippen LogP contribution in [0.4, 0.5) is 5.69 Å². The Morgan fingerprint density at radius 1 is 1.14 bits per heavy atom. The van der Waals surface area contributed by atoms with Crippen molar-refractivity contribution in [2.45, 2.75) is 13.3 Å². The lowest BCUT2D eigenvalue weighted by Crippen LogP contribution is -2.11. The molecule has 5 heteroatoms. The van der Waals surface area contributed by atoms with Crippen molar-refractivity contribution in [2.24, 2.45) is 0 Å². The van der Waals surface area contributed by atoms with Crippen molar-refractivity contribution in [1.29, 1.82) is 0 Å². The van der Waals surface area contributed by atoms with Crippen LogP contribution in [0.15, 0.2) is 48.5 Å². The molecule has 2 aromatic rings. The van der Waals surface area contributed by atoms with Crippen LogP contribution in [0.1, 0.15) is 23.7 Å². The van der Waals surface area contributed by atoms with E-state index in [0.717, 1.165) is 0 Å². The van der Waals surface area contributed by atoms with Crippen LogP contribution in [0.5, 0.6) is 5.75 Å². The van der Waals surface area contributed by atoms with Crippen molar-refractivity contribution in [3.05, 3.63) is 59.1 Å². The second-order valence-corrected chi connectivity index (χ2v) is 4.77. The minimum absolute atomic E-state index is 0.103. The first-order valence-corrected chi connectivity index (χ1v) is 6.84. The lowest BCUT2D eigenvalue weighted by molar-refractivity contribution is -0.115. The number of nitrogens with one attached hydrogen (secondary N) is 1. The van der Waals surface area contributed by atoms with E-state index in [9.17, 15) is 9.59 Å². The Morgan fingerprint density at radius 3 is 2.62 bits per heavy atom. The fourth-order valence-electron chi connectivity index (χ4n) is 1.67. The fourth-order valence-corrected chi connectivity index (χ4v) is 1.86. The number of ether oxygens (including phenoxy) is 1. The molecular formula is C16H14ClNO3. The van der Waals surface area contributed by atoms with E-state index in [-0.39, 0.29) is 5.91 Å². The van der Waals surface area contributed by atoms with Crippen molar-refractivity contribution in [1.82, 2.24) is 0 Å². The molecule has 2 rings (SSSR count). The van der Waals surface area contributed by atoms with Crippen LogP contribution in [0, 0.1) is 0 Å². The van der Waals surface area contributed by atoms with Crippen LogP contribution in [0.25, 0.3) is 0 Å². The van der Waals surface area contributed by atoms with E-state index in [4.69, 9.17) is 16.3 Å². The van der Waals surface area contributed by atoms with E-state index in [1.54, 1.807) is 49.4 Å². The van der Waals surface area contributed by atoms with Crippen molar-refractivity contribution >= 4 is 29.2 Å². The highest BCUT2D eigenvalue weighted by Crippen LogP contribution is 2.19. The lowest BCUT2D eigenvalue weighted by atomic mass is 10.2. The van der Waals surface area contributed by atoms with Crippen LogP contribution in [-0.4, -0.2) is 11.9 Å². The zero-order chi connectivity index (χ0) is 15.2. The normalized spacial score (nSPS) is 10.0. The van der Waals surface area contributed by atoms with E-state index < -0.39 is 5.97 Å². The molecule has 1 N–H and O–H groups in total. The monoisotopic (exact) mass is 303 g/mol. The molecule has 108 valence electrons. The average Bonchev–Trinajstić information content (AvgIpc) is 2.47. The van der Waals surface area contributed by atoms with Gasteiger partial charge in [0.15, 0.2) is 0 Å². The minimum Gasteiger partial charge on any atom is -0.423 e. The van der Waals surface area contributed by atoms with E-state index in [1.165, 1.54) is 6.07 Å². The van der Waals surface area contributed by atoms with Crippen LogP contribution >= 0.6 is 11.6 Å². The van der Waals surface area contributed by atoms with Gasteiger partial charge in [-0.05, 0) is 30.3 Å². The molecule has 0 unspecified atom stereocenters. The van der Waals surface area contributed by atoms with Gasteiger partial charge in [0.1, 0.15) is 5.75 Å². The van der Waals surface area contributed by atoms with Crippen molar-refractivity contribution in [3.63, 3.8) is 0 Å². The molecule has 21 heavy (non-hydrogen) atoms. The summed E-state index contributed by atoms with van der Waals surface area (Å²) in [5, 5.41) is 3.17. The first-order valence-electron chi connectivity index (χ1n) is 6.46. The van der Waals surface area contributed by atoms with Gasteiger partial charge in [0.2, 0.25) is 5.91 Å². The van der Waals surface area contributed by atoms with Crippen LogP contribution in [0.2, 0.25) is 5.02 Å². The van der Waals surface area contributed by atoms with Gasteiger partial charge in [0.25, 0.3) is 0 Å². The molecule has 0 saturated heterocycles. The maximum absolute atomic E-state index is 12.0. The molecule has 0 aliphatic heterocycles. The SMILES string of the molecule is CCC(=O)Nc1cccc(OC(=O)c2cccc(Cl)c2)c1. The Morgan fingerprint density at radius 2 is 1.90 bits per heavy atom. The van der Waals surface area contributed by atoms with Crippen molar-refractivity contribution in [2.75, 3.05) is 5.32 Å². The maximum atomic E-state index is 12.0. The summed E-state index contributed by atoms with van der Waals surface area (Å²) in [6.07, 6.45) is 0.381. The van der Waals surface area contributed by atoms with E-state index >= 15 is 0 Å². The second-order valence-electron chi connectivity index (χ2n) is 4.33. The molecule has 4 nitrogen and oxygen atoms in total. The van der Waals surface area contributed by atoms with Gasteiger partial charge in [0, 0.05) is 23.2 Å². The number of benzene rings is 2. The fraction of sp³-hybridized carbons (Fsp3) is 0.125. The first kappa shape index (κ1) is 15.1. The largest absolute Gasteiger partial charge is 0.423 e. The Balaban J connectivity index is 2.11. The van der Waals surface area contributed by atoms with Crippen LogP contribution < -0.4 is 10.1 Å². The van der Waals surface area contributed by atoms with Gasteiger partial charge in [-0.15, -0.1) is 0 Å². The van der Waals surface area contributed by atoms with Crippen LogP contribution in [0.3, 0.4) is 0 Å². The molecule has 0 radical (unpaired) electrons. The van der Waals surface area contributed by atoms with Gasteiger partial charge >= 0.3 is 5.97 Å². The quantitative estimate of drug-likeness (QED) is 0.688. The first-order chi connectivity index (χ1) is 10.1. The molecule has 1 amide bonds. The Kier molecular flexibility index (Phi) is 4.95. The summed E-state index contributed by atoms with van der Waals surface area (Å²) in [5.74, 6) is -0.251. The molecule has 0 saturated carbocycles. The van der Waals surface area contributed by atoms with Gasteiger partial charge in [-0.1, -0.05) is 30.7 Å². The predicted molar refractivity (Wildman–Crippen MR) is 81.8 cm³/mol. The molecule has 0 atom stereocenters. The summed E-state index contributed by atoms with van der Waals surface area (Å²) in [5.41, 5.74) is 0.948. The number of hydrogen-bond acceptors (Lipinski definition) is 3. The molecule has 0 spiro atoms. The molecule has 0 bridgehead atoms. The van der Waals surface area contributed by atoms with Gasteiger partial charge < -0.3 is 10.1 Å². The number of anilines is 1. The summed E-state index contributed by atoms with van der Waals surface area (Å²) in [4.78, 5) is 23.3. The van der Waals surface area contributed by atoms with Crippen LogP contribution in [-0.2, 0) is 4.79 Å². The topological polar surface area (TPSA) is 55.4 Å². The molecule has 0 aromatic heterocycles. The van der Waals surface area contributed by atoms with Crippen molar-refractivity contribution < 1.29 is 14.3 Å². The van der Waals surface area contributed by atoms with Gasteiger partial charge in [-0.2, -0.15) is 0 Å². The highest BCUT2D eigenvalue weighted by molar-refractivity contribution is 6.30. The average molecular weight is 304 g/mol. The van der Waals surface area contributed by atoms with Gasteiger partial charge in [-0.3, -0.25) is 4.79 Å². The van der Waals surface area contributed by atoms with E-state index in [0.29, 0.717) is 28.4 Å². The van der Waals surface area contributed by atoms with Gasteiger partial charge in [0.05, 0.1) is 5.56 Å². The maximum Gasteiger partial charge on any atom is 0.343 e. The number of carbonyl (C=O) groups excluding carboxylic acids is 2. The number of rotatable bonds is 4. The second kappa shape index (κ2) is 6.90. The molecule has 0 aliphatic rings. The van der Waals surface area contributed by atoms with E-state index in [2.05, 4.69) is 5.32 Å². The third kappa shape index (κ3) is 4.33. The number of carbonyl (C=O) groups is 2. The summed E-state index contributed by atoms with van der Waals surface area (Å²) >= 11 is 5.84. The molecule has 0 aliphatic carbocycles. The van der Waals surface area contributed by atoms with Crippen molar-refractivity contribution in [3.8, 4) is 5.75 Å². The Labute approximate surface area is 127 Å². The summed E-state index contributed by atoms with van der Waals surface area (Å²) in [6, 6.07) is 13.2. The highest BCUT2D eigenvalue weighted by atomic mass is 35.5. The Bertz CT molecular complexity index is 670. The van der Waals surface area contributed by atoms with Gasteiger partial charge in [-0.25, -0.2) is 4.79 Å². The molecule has 0 heterocycles. The smallest absolute Gasteiger partial charge is 0.343 e. The number of hydrogen-bond donors (Lipinski definition) is 1. The summed E-state index contributed by atoms with van der Waals surface area (Å²) in [7, 11) is 0. The molecule has 0 fully saturated rings. The Hall–Kier alpha value is -2.33.